The summed E-state index contributed by atoms with van der Waals surface area (Å²) in [5.74, 6) is 0.929. The van der Waals surface area contributed by atoms with Crippen molar-refractivity contribution in [2.75, 3.05) is 20.3 Å². The molecular formula is C20H27N3O2. The molecule has 0 amide bonds. The van der Waals surface area contributed by atoms with E-state index in [1.54, 1.807) is 18.0 Å². The van der Waals surface area contributed by atoms with Crippen LogP contribution in [-0.2, 0) is 17.8 Å². The molecule has 5 heteroatoms. The van der Waals surface area contributed by atoms with Crippen LogP contribution in [0.3, 0.4) is 0 Å². The zero-order valence-electron chi connectivity index (χ0n) is 15.1. The molecule has 1 aliphatic heterocycles. The third-order valence-electron chi connectivity index (χ3n) is 4.67. The SMILES string of the molecule is C=Cn1cc(CN(Cc2ccccc2OC)C[C@H]2CCCO2)c(C)n1. The molecule has 1 saturated heterocycles. The van der Waals surface area contributed by atoms with Gasteiger partial charge in [0.1, 0.15) is 5.75 Å². The van der Waals surface area contributed by atoms with Gasteiger partial charge in [0.05, 0.1) is 18.9 Å². The lowest BCUT2D eigenvalue weighted by molar-refractivity contribution is 0.0675. The Morgan fingerprint density at radius 1 is 1.36 bits per heavy atom. The fourth-order valence-corrected chi connectivity index (χ4v) is 3.34. The summed E-state index contributed by atoms with van der Waals surface area (Å²) in [7, 11) is 1.72. The Hall–Kier alpha value is -2.11. The van der Waals surface area contributed by atoms with Gasteiger partial charge in [0.25, 0.3) is 0 Å². The van der Waals surface area contributed by atoms with Crippen LogP contribution in [0.25, 0.3) is 6.20 Å². The van der Waals surface area contributed by atoms with E-state index in [-0.39, 0.29) is 0 Å². The van der Waals surface area contributed by atoms with E-state index in [1.165, 1.54) is 11.1 Å². The Morgan fingerprint density at radius 2 is 2.16 bits per heavy atom. The lowest BCUT2D eigenvalue weighted by atomic mass is 10.1. The lowest BCUT2D eigenvalue weighted by Crippen LogP contribution is -2.31. The molecule has 1 atom stereocenters. The highest BCUT2D eigenvalue weighted by Gasteiger charge is 2.21. The van der Waals surface area contributed by atoms with Gasteiger partial charge in [-0.15, -0.1) is 0 Å². The minimum atomic E-state index is 0.310. The van der Waals surface area contributed by atoms with Crippen molar-refractivity contribution < 1.29 is 9.47 Å². The molecular weight excluding hydrogens is 314 g/mol. The molecule has 0 radical (unpaired) electrons. The third-order valence-corrected chi connectivity index (χ3v) is 4.67. The Bertz CT molecular complexity index is 705. The second-order valence-electron chi connectivity index (χ2n) is 6.52. The molecule has 0 bridgehead atoms. The molecule has 2 aromatic rings. The molecule has 1 fully saturated rings. The van der Waals surface area contributed by atoms with Crippen molar-refractivity contribution in [2.24, 2.45) is 0 Å². The fourth-order valence-electron chi connectivity index (χ4n) is 3.34. The van der Waals surface area contributed by atoms with Crippen molar-refractivity contribution in [3.63, 3.8) is 0 Å². The summed E-state index contributed by atoms with van der Waals surface area (Å²) >= 11 is 0. The Morgan fingerprint density at radius 3 is 2.84 bits per heavy atom. The fraction of sp³-hybridized carbons (Fsp3) is 0.450. The minimum absolute atomic E-state index is 0.310. The molecule has 0 unspecified atom stereocenters. The van der Waals surface area contributed by atoms with Gasteiger partial charge in [0.15, 0.2) is 0 Å². The van der Waals surface area contributed by atoms with Gasteiger partial charge < -0.3 is 9.47 Å². The Balaban J connectivity index is 1.78. The normalized spacial score (nSPS) is 17.2. The molecule has 1 aliphatic rings. The first-order valence-corrected chi connectivity index (χ1v) is 8.82. The zero-order chi connectivity index (χ0) is 17.6. The number of aryl methyl sites for hydroxylation is 1. The van der Waals surface area contributed by atoms with E-state index in [9.17, 15) is 0 Å². The number of aromatic nitrogens is 2. The second kappa shape index (κ2) is 8.32. The first-order valence-electron chi connectivity index (χ1n) is 8.82. The largest absolute Gasteiger partial charge is 0.496 e. The van der Waals surface area contributed by atoms with Gasteiger partial charge in [-0.1, -0.05) is 24.8 Å². The summed E-state index contributed by atoms with van der Waals surface area (Å²) in [6.07, 6.45) is 6.37. The van der Waals surface area contributed by atoms with E-state index in [1.807, 2.05) is 25.3 Å². The number of hydrogen-bond acceptors (Lipinski definition) is 4. The van der Waals surface area contributed by atoms with Crippen LogP contribution in [-0.4, -0.2) is 41.0 Å². The number of rotatable bonds is 8. The smallest absolute Gasteiger partial charge is 0.123 e. The van der Waals surface area contributed by atoms with Gasteiger partial charge >= 0.3 is 0 Å². The molecule has 0 aliphatic carbocycles. The first-order chi connectivity index (χ1) is 12.2. The van der Waals surface area contributed by atoms with Crippen LogP contribution >= 0.6 is 0 Å². The maximum atomic E-state index is 5.86. The van der Waals surface area contributed by atoms with Crippen LogP contribution in [0.5, 0.6) is 5.75 Å². The van der Waals surface area contributed by atoms with Crippen molar-refractivity contribution in [3.05, 3.63) is 53.9 Å². The number of nitrogens with zero attached hydrogens (tertiary/aromatic N) is 3. The maximum absolute atomic E-state index is 5.86. The van der Waals surface area contributed by atoms with Crippen molar-refractivity contribution in [1.82, 2.24) is 14.7 Å². The standard InChI is InChI=1S/C20H27N3O2/c1-4-23-14-18(16(2)21-23)13-22(15-19-9-7-11-25-19)12-17-8-5-6-10-20(17)24-3/h4-6,8,10,14,19H,1,7,9,11-13,15H2,2-3H3/t19-/m1/s1. The number of para-hydroxylation sites is 1. The van der Waals surface area contributed by atoms with Gasteiger partial charge in [-0.2, -0.15) is 5.10 Å². The number of hydrogen-bond donors (Lipinski definition) is 0. The van der Waals surface area contributed by atoms with E-state index < -0.39 is 0 Å². The van der Waals surface area contributed by atoms with Gasteiger partial charge in [-0.3, -0.25) is 4.90 Å². The van der Waals surface area contributed by atoms with Gasteiger partial charge in [-0.25, -0.2) is 4.68 Å². The molecule has 5 nitrogen and oxygen atoms in total. The van der Waals surface area contributed by atoms with E-state index in [4.69, 9.17) is 9.47 Å². The molecule has 0 spiro atoms. The summed E-state index contributed by atoms with van der Waals surface area (Å²) < 4.78 is 13.2. The number of methoxy groups -OCH3 is 1. The van der Waals surface area contributed by atoms with Crippen LogP contribution in [0, 0.1) is 6.92 Å². The summed E-state index contributed by atoms with van der Waals surface area (Å²) in [6, 6.07) is 8.20. The number of benzene rings is 1. The average molecular weight is 341 g/mol. The average Bonchev–Trinajstić information content (AvgIpc) is 3.25. The lowest BCUT2D eigenvalue weighted by Gasteiger charge is -2.26. The molecule has 2 heterocycles. The molecule has 1 aromatic heterocycles. The molecule has 134 valence electrons. The van der Waals surface area contributed by atoms with Crippen molar-refractivity contribution in [1.29, 1.82) is 0 Å². The highest BCUT2D eigenvalue weighted by molar-refractivity contribution is 5.33. The Labute approximate surface area is 149 Å². The molecule has 1 aromatic carbocycles. The monoisotopic (exact) mass is 341 g/mol. The van der Waals surface area contributed by atoms with Crippen molar-refractivity contribution in [3.8, 4) is 5.75 Å². The second-order valence-corrected chi connectivity index (χ2v) is 6.52. The Kier molecular flexibility index (Phi) is 5.89. The predicted molar refractivity (Wildman–Crippen MR) is 99.4 cm³/mol. The quantitative estimate of drug-likeness (QED) is 0.737. The van der Waals surface area contributed by atoms with E-state index >= 15 is 0 Å². The predicted octanol–water partition coefficient (Wildman–Crippen LogP) is 3.48. The van der Waals surface area contributed by atoms with Crippen LogP contribution in [0.4, 0.5) is 0 Å². The van der Waals surface area contributed by atoms with Gasteiger partial charge in [-0.05, 0) is 25.8 Å². The number of ether oxygens (including phenoxy) is 2. The molecule has 0 N–H and O–H groups in total. The molecule has 3 rings (SSSR count). The molecule has 0 saturated carbocycles. The van der Waals surface area contributed by atoms with E-state index in [2.05, 4.69) is 28.7 Å². The highest BCUT2D eigenvalue weighted by Crippen LogP contribution is 2.23. The summed E-state index contributed by atoms with van der Waals surface area (Å²) in [5.41, 5.74) is 3.45. The van der Waals surface area contributed by atoms with Crippen LogP contribution in [0.2, 0.25) is 0 Å². The van der Waals surface area contributed by atoms with E-state index in [0.29, 0.717) is 6.10 Å². The topological polar surface area (TPSA) is 39.5 Å². The van der Waals surface area contributed by atoms with Gasteiger partial charge in [0.2, 0.25) is 0 Å². The van der Waals surface area contributed by atoms with Gasteiger partial charge in [0, 0.05) is 49.8 Å². The summed E-state index contributed by atoms with van der Waals surface area (Å²) in [5, 5.41) is 4.47. The summed E-state index contributed by atoms with van der Waals surface area (Å²) in [6.45, 7) is 9.27. The van der Waals surface area contributed by atoms with Crippen LogP contribution < -0.4 is 4.74 Å². The minimum Gasteiger partial charge on any atom is -0.496 e. The van der Waals surface area contributed by atoms with Crippen molar-refractivity contribution in [2.45, 2.75) is 39.0 Å². The third kappa shape index (κ3) is 4.50. The highest BCUT2D eigenvalue weighted by atomic mass is 16.5. The van der Waals surface area contributed by atoms with E-state index in [0.717, 1.165) is 50.5 Å². The van der Waals surface area contributed by atoms with Crippen molar-refractivity contribution >= 4 is 6.20 Å². The maximum Gasteiger partial charge on any atom is 0.123 e. The first kappa shape index (κ1) is 17.7. The summed E-state index contributed by atoms with van der Waals surface area (Å²) in [4.78, 5) is 2.42. The zero-order valence-corrected chi connectivity index (χ0v) is 15.1. The molecule has 25 heavy (non-hydrogen) atoms. The van der Waals surface area contributed by atoms with Crippen LogP contribution in [0.15, 0.2) is 37.0 Å². The van der Waals surface area contributed by atoms with Crippen LogP contribution in [0.1, 0.15) is 29.7 Å².